The number of carbonyl (C=O) groups excluding carboxylic acids is 1. The molecule has 0 unspecified atom stereocenters. The summed E-state index contributed by atoms with van der Waals surface area (Å²) < 4.78 is 18.7. The first-order valence-corrected chi connectivity index (χ1v) is 8.97. The first kappa shape index (κ1) is 17.2. The quantitative estimate of drug-likeness (QED) is 0.870. The van der Waals surface area contributed by atoms with Crippen LogP contribution in [0.15, 0.2) is 18.2 Å². The van der Waals surface area contributed by atoms with Gasteiger partial charge in [-0.15, -0.1) is 0 Å². The summed E-state index contributed by atoms with van der Waals surface area (Å²) in [7, 11) is 1.47. The fraction of sp³-hybridized carbons (Fsp3) is 0.632. The number of nitrogens with zero attached hydrogens (tertiary/aromatic N) is 1. The number of methoxy groups -OCH3 is 1. The number of carbonyl (C=O) groups is 1. The number of likely N-dealkylation sites (tertiary alicyclic amines) is 1. The fourth-order valence-electron chi connectivity index (χ4n) is 3.57. The molecule has 1 amide bonds. The Hall–Kier alpha value is -1.62. The molecule has 4 nitrogen and oxygen atoms in total. The molecule has 0 aromatic heterocycles. The Morgan fingerprint density at radius 2 is 2.17 bits per heavy atom. The smallest absolute Gasteiger partial charge is 0.225 e. The molecule has 2 fully saturated rings. The molecule has 132 valence electrons. The third kappa shape index (κ3) is 3.89. The van der Waals surface area contributed by atoms with Crippen molar-refractivity contribution in [2.45, 2.75) is 45.2 Å². The van der Waals surface area contributed by atoms with Gasteiger partial charge in [0.1, 0.15) is 0 Å². The van der Waals surface area contributed by atoms with Crippen molar-refractivity contribution in [2.24, 2.45) is 11.8 Å². The minimum absolute atomic E-state index is 0.275. The molecule has 1 N–H and O–H groups in total. The van der Waals surface area contributed by atoms with Gasteiger partial charge in [-0.3, -0.25) is 4.79 Å². The molecule has 0 bridgehead atoms. The lowest BCUT2D eigenvalue weighted by molar-refractivity contribution is -0.134. The molecule has 0 spiro atoms. The Morgan fingerprint density at radius 3 is 2.79 bits per heavy atom. The van der Waals surface area contributed by atoms with Gasteiger partial charge < -0.3 is 15.0 Å². The first-order valence-electron chi connectivity index (χ1n) is 8.97. The van der Waals surface area contributed by atoms with E-state index in [9.17, 15) is 9.18 Å². The molecule has 1 aliphatic heterocycles. The highest BCUT2D eigenvalue weighted by molar-refractivity contribution is 5.81. The number of hydrogen-bond acceptors (Lipinski definition) is 3. The second kappa shape index (κ2) is 7.51. The van der Waals surface area contributed by atoms with Crippen LogP contribution >= 0.6 is 0 Å². The van der Waals surface area contributed by atoms with Gasteiger partial charge in [-0.1, -0.05) is 19.4 Å². The number of halogens is 1. The minimum Gasteiger partial charge on any atom is -0.494 e. The second-order valence-electron chi connectivity index (χ2n) is 6.97. The van der Waals surface area contributed by atoms with Crippen LogP contribution in [0.2, 0.25) is 0 Å². The molecule has 2 atom stereocenters. The van der Waals surface area contributed by atoms with E-state index < -0.39 is 0 Å². The lowest BCUT2D eigenvalue weighted by atomic mass is 9.89. The molecular formula is C19H27FN2O2. The van der Waals surface area contributed by atoms with Crippen LogP contribution in [0.4, 0.5) is 4.39 Å². The van der Waals surface area contributed by atoms with Crippen molar-refractivity contribution in [1.82, 2.24) is 10.2 Å². The van der Waals surface area contributed by atoms with Gasteiger partial charge in [0.15, 0.2) is 11.6 Å². The van der Waals surface area contributed by atoms with Crippen LogP contribution in [0.5, 0.6) is 5.75 Å². The number of ether oxygens (including phenoxy) is 1. The van der Waals surface area contributed by atoms with Gasteiger partial charge in [-0.05, 0) is 42.9 Å². The van der Waals surface area contributed by atoms with E-state index in [0.29, 0.717) is 30.3 Å². The molecule has 2 aliphatic rings. The van der Waals surface area contributed by atoms with Crippen LogP contribution in [0, 0.1) is 17.7 Å². The van der Waals surface area contributed by atoms with Crippen molar-refractivity contribution in [3.63, 3.8) is 0 Å². The lowest BCUT2D eigenvalue weighted by Gasteiger charge is -2.39. The Morgan fingerprint density at radius 1 is 1.38 bits per heavy atom. The summed E-state index contributed by atoms with van der Waals surface area (Å²) >= 11 is 0. The summed E-state index contributed by atoms with van der Waals surface area (Å²) in [5.41, 5.74) is 0.916. The van der Waals surface area contributed by atoms with Crippen LogP contribution in [-0.2, 0) is 11.3 Å². The SMILES string of the molecule is CC[C@H]1CN(C(=O)C2CC2)CC[C@@H]1NCc1ccc(OC)c(F)c1. The number of benzene rings is 1. The van der Waals surface area contributed by atoms with Gasteiger partial charge in [-0.2, -0.15) is 0 Å². The molecule has 1 aromatic rings. The van der Waals surface area contributed by atoms with Crippen LogP contribution in [0.3, 0.4) is 0 Å². The van der Waals surface area contributed by atoms with E-state index in [4.69, 9.17) is 4.74 Å². The van der Waals surface area contributed by atoms with Crippen LogP contribution < -0.4 is 10.1 Å². The third-order valence-corrected chi connectivity index (χ3v) is 5.28. The predicted molar refractivity (Wildman–Crippen MR) is 91.3 cm³/mol. The molecule has 1 saturated carbocycles. The van der Waals surface area contributed by atoms with Crippen LogP contribution in [-0.4, -0.2) is 37.0 Å². The number of hydrogen-bond donors (Lipinski definition) is 1. The number of amides is 1. The zero-order chi connectivity index (χ0) is 17.1. The summed E-state index contributed by atoms with van der Waals surface area (Å²) in [6.45, 7) is 4.50. The zero-order valence-corrected chi connectivity index (χ0v) is 14.6. The molecule has 1 aliphatic carbocycles. The van der Waals surface area contributed by atoms with Gasteiger partial charge >= 0.3 is 0 Å². The first-order chi connectivity index (χ1) is 11.6. The molecule has 1 heterocycles. The molecule has 24 heavy (non-hydrogen) atoms. The summed E-state index contributed by atoms with van der Waals surface area (Å²) in [4.78, 5) is 14.3. The Kier molecular flexibility index (Phi) is 5.39. The Balaban J connectivity index is 1.55. The summed E-state index contributed by atoms with van der Waals surface area (Å²) in [6.07, 6.45) is 4.15. The molecule has 5 heteroatoms. The van der Waals surface area contributed by atoms with Crippen molar-refractivity contribution in [3.8, 4) is 5.75 Å². The number of rotatable bonds is 6. The standard InChI is InChI=1S/C19H27FN2O2/c1-3-14-12-22(19(23)15-5-6-15)9-8-17(14)21-11-13-4-7-18(24-2)16(20)10-13/h4,7,10,14-15,17,21H,3,5-6,8-9,11-12H2,1-2H3/t14-,17-/m0/s1. The monoisotopic (exact) mass is 334 g/mol. The van der Waals surface area contributed by atoms with Gasteiger partial charge in [0, 0.05) is 31.6 Å². The van der Waals surface area contributed by atoms with Crippen molar-refractivity contribution < 1.29 is 13.9 Å². The third-order valence-electron chi connectivity index (χ3n) is 5.28. The van der Waals surface area contributed by atoms with E-state index in [0.717, 1.165) is 44.3 Å². The Labute approximate surface area is 143 Å². The topological polar surface area (TPSA) is 41.6 Å². The average Bonchev–Trinajstić information content (AvgIpc) is 3.44. The summed E-state index contributed by atoms with van der Waals surface area (Å²) in [5, 5.41) is 3.56. The maximum absolute atomic E-state index is 13.8. The fourth-order valence-corrected chi connectivity index (χ4v) is 3.57. The van der Waals surface area contributed by atoms with Gasteiger partial charge in [0.2, 0.25) is 5.91 Å². The molecule has 1 saturated heterocycles. The maximum Gasteiger partial charge on any atom is 0.225 e. The molecule has 0 radical (unpaired) electrons. The molecular weight excluding hydrogens is 307 g/mol. The van der Waals surface area contributed by atoms with Crippen molar-refractivity contribution >= 4 is 5.91 Å². The van der Waals surface area contributed by atoms with Crippen LogP contribution in [0.25, 0.3) is 0 Å². The van der Waals surface area contributed by atoms with Gasteiger partial charge in [0.05, 0.1) is 7.11 Å². The lowest BCUT2D eigenvalue weighted by Crippen LogP contribution is -2.51. The highest BCUT2D eigenvalue weighted by Gasteiger charge is 2.37. The van der Waals surface area contributed by atoms with Gasteiger partial charge in [0.25, 0.3) is 0 Å². The minimum atomic E-state index is -0.325. The van der Waals surface area contributed by atoms with Gasteiger partial charge in [-0.25, -0.2) is 4.39 Å². The average molecular weight is 334 g/mol. The van der Waals surface area contributed by atoms with E-state index in [2.05, 4.69) is 17.1 Å². The normalized spacial score (nSPS) is 24.0. The van der Waals surface area contributed by atoms with E-state index >= 15 is 0 Å². The van der Waals surface area contributed by atoms with Crippen molar-refractivity contribution in [1.29, 1.82) is 0 Å². The van der Waals surface area contributed by atoms with E-state index in [-0.39, 0.29) is 11.6 Å². The van der Waals surface area contributed by atoms with E-state index in [1.54, 1.807) is 6.07 Å². The highest BCUT2D eigenvalue weighted by atomic mass is 19.1. The maximum atomic E-state index is 13.8. The number of piperidine rings is 1. The summed E-state index contributed by atoms with van der Waals surface area (Å²) in [5.74, 6) is 1.06. The van der Waals surface area contributed by atoms with Crippen molar-refractivity contribution in [2.75, 3.05) is 20.2 Å². The zero-order valence-electron chi connectivity index (χ0n) is 14.6. The van der Waals surface area contributed by atoms with E-state index in [1.807, 2.05) is 6.07 Å². The summed E-state index contributed by atoms with van der Waals surface area (Å²) in [6, 6.07) is 5.46. The Bertz CT molecular complexity index is 589. The van der Waals surface area contributed by atoms with Crippen molar-refractivity contribution in [3.05, 3.63) is 29.6 Å². The highest BCUT2D eigenvalue weighted by Crippen LogP contribution is 2.33. The molecule has 3 rings (SSSR count). The largest absolute Gasteiger partial charge is 0.494 e. The molecule has 1 aromatic carbocycles. The van der Waals surface area contributed by atoms with Crippen LogP contribution in [0.1, 0.15) is 38.2 Å². The second-order valence-corrected chi connectivity index (χ2v) is 6.97. The predicted octanol–water partition coefficient (Wildman–Crippen LogP) is 2.96. The van der Waals surface area contributed by atoms with E-state index in [1.165, 1.54) is 13.2 Å². The number of nitrogens with one attached hydrogen (secondary N) is 1.